The summed E-state index contributed by atoms with van der Waals surface area (Å²) in [5.41, 5.74) is 4.30. The van der Waals surface area contributed by atoms with E-state index in [0.29, 0.717) is 29.5 Å². The molecule has 2 N–H and O–H groups in total. The van der Waals surface area contributed by atoms with E-state index < -0.39 is 11.8 Å². The molecule has 8 heteroatoms. The van der Waals surface area contributed by atoms with Crippen LogP contribution in [0.4, 0.5) is 5.69 Å². The highest BCUT2D eigenvalue weighted by molar-refractivity contribution is 6.39. The third kappa shape index (κ3) is 6.33. The highest BCUT2D eigenvalue weighted by atomic mass is 16.5. The van der Waals surface area contributed by atoms with Gasteiger partial charge in [0.2, 0.25) is 0 Å². The fourth-order valence-corrected chi connectivity index (χ4v) is 2.70. The second-order valence-electron chi connectivity index (χ2n) is 6.56. The van der Waals surface area contributed by atoms with Crippen molar-refractivity contribution >= 4 is 23.7 Å². The largest absolute Gasteiger partial charge is 0.497 e. The minimum atomic E-state index is -0.922. The van der Waals surface area contributed by atoms with Crippen LogP contribution in [0.15, 0.2) is 77.9 Å². The number of nitrogens with zero attached hydrogens (tertiary/aromatic N) is 1. The van der Waals surface area contributed by atoms with Crippen LogP contribution in [0, 0.1) is 0 Å². The van der Waals surface area contributed by atoms with Crippen molar-refractivity contribution in [1.29, 1.82) is 0 Å². The molecule has 0 aliphatic heterocycles. The number of hydrogen-bond acceptors (Lipinski definition) is 6. The Kier molecular flexibility index (Phi) is 7.80. The summed E-state index contributed by atoms with van der Waals surface area (Å²) in [4.78, 5) is 24.2. The van der Waals surface area contributed by atoms with Gasteiger partial charge in [0.25, 0.3) is 0 Å². The van der Waals surface area contributed by atoms with Crippen LogP contribution in [0.1, 0.15) is 11.1 Å². The van der Waals surface area contributed by atoms with E-state index in [2.05, 4.69) is 15.8 Å². The van der Waals surface area contributed by atoms with Crippen molar-refractivity contribution in [3.63, 3.8) is 0 Å². The van der Waals surface area contributed by atoms with Crippen molar-refractivity contribution in [3.05, 3.63) is 83.9 Å². The van der Waals surface area contributed by atoms with Gasteiger partial charge in [-0.25, -0.2) is 5.43 Å². The molecule has 0 bridgehead atoms. The lowest BCUT2D eigenvalue weighted by Crippen LogP contribution is -2.32. The minimum absolute atomic E-state index is 0.307. The van der Waals surface area contributed by atoms with Crippen LogP contribution in [0.2, 0.25) is 0 Å². The van der Waals surface area contributed by atoms with E-state index in [1.807, 2.05) is 30.3 Å². The summed E-state index contributed by atoms with van der Waals surface area (Å²) in [6, 6.07) is 21.9. The van der Waals surface area contributed by atoms with Crippen molar-refractivity contribution in [1.82, 2.24) is 5.43 Å². The number of rotatable bonds is 8. The van der Waals surface area contributed by atoms with Gasteiger partial charge in [-0.15, -0.1) is 0 Å². The normalized spacial score (nSPS) is 10.4. The topological polar surface area (TPSA) is 98.2 Å². The van der Waals surface area contributed by atoms with Gasteiger partial charge in [0.05, 0.1) is 26.1 Å². The summed E-state index contributed by atoms with van der Waals surface area (Å²) in [5, 5.41) is 6.29. The lowest BCUT2D eigenvalue weighted by Gasteiger charge is -2.11. The SMILES string of the molecule is COc1ccc(OC)c(NC(=O)C(=O)N/N=C/c2ccc(OCc3ccccc3)cc2)c1. The summed E-state index contributed by atoms with van der Waals surface area (Å²) in [7, 11) is 2.95. The molecular formula is C24H23N3O5. The lowest BCUT2D eigenvalue weighted by molar-refractivity contribution is -0.136. The molecule has 0 aromatic heterocycles. The number of nitrogens with one attached hydrogen (secondary N) is 2. The predicted molar refractivity (Wildman–Crippen MR) is 121 cm³/mol. The Labute approximate surface area is 185 Å². The molecule has 0 saturated heterocycles. The first-order valence-electron chi connectivity index (χ1n) is 9.72. The van der Waals surface area contributed by atoms with E-state index in [9.17, 15) is 9.59 Å². The molecule has 0 heterocycles. The molecule has 0 aliphatic carbocycles. The van der Waals surface area contributed by atoms with E-state index in [1.165, 1.54) is 20.4 Å². The Bertz CT molecular complexity index is 1080. The summed E-state index contributed by atoms with van der Waals surface area (Å²) < 4.78 is 16.0. The molecule has 0 radical (unpaired) electrons. The van der Waals surface area contributed by atoms with Gasteiger partial charge < -0.3 is 19.5 Å². The monoisotopic (exact) mass is 433 g/mol. The quantitative estimate of drug-likeness (QED) is 0.322. The van der Waals surface area contributed by atoms with Crippen LogP contribution in [0.3, 0.4) is 0 Å². The van der Waals surface area contributed by atoms with Gasteiger partial charge >= 0.3 is 11.8 Å². The Hall–Kier alpha value is -4.33. The number of hydrogen-bond donors (Lipinski definition) is 2. The fourth-order valence-electron chi connectivity index (χ4n) is 2.70. The van der Waals surface area contributed by atoms with Gasteiger partial charge in [-0.1, -0.05) is 30.3 Å². The van der Waals surface area contributed by atoms with Crippen LogP contribution < -0.4 is 25.0 Å². The smallest absolute Gasteiger partial charge is 0.329 e. The van der Waals surface area contributed by atoms with Crippen molar-refractivity contribution in [2.45, 2.75) is 6.61 Å². The number of hydrazone groups is 1. The van der Waals surface area contributed by atoms with Gasteiger partial charge in [0.1, 0.15) is 23.9 Å². The van der Waals surface area contributed by atoms with Crippen molar-refractivity contribution in [2.24, 2.45) is 5.10 Å². The fraction of sp³-hybridized carbons (Fsp3) is 0.125. The first-order valence-corrected chi connectivity index (χ1v) is 9.72. The second-order valence-corrected chi connectivity index (χ2v) is 6.56. The van der Waals surface area contributed by atoms with Crippen molar-refractivity contribution < 1.29 is 23.8 Å². The number of benzene rings is 3. The first-order chi connectivity index (χ1) is 15.6. The Morgan fingerprint density at radius 2 is 1.59 bits per heavy atom. The number of amides is 2. The van der Waals surface area contributed by atoms with E-state index in [1.54, 1.807) is 42.5 Å². The zero-order valence-corrected chi connectivity index (χ0v) is 17.7. The average molecular weight is 433 g/mol. The number of anilines is 1. The number of carbonyl (C=O) groups excluding carboxylic acids is 2. The minimum Gasteiger partial charge on any atom is -0.497 e. The molecule has 0 spiro atoms. The maximum Gasteiger partial charge on any atom is 0.329 e. The molecule has 0 aliphatic rings. The van der Waals surface area contributed by atoms with Crippen LogP contribution in [-0.4, -0.2) is 32.2 Å². The zero-order valence-electron chi connectivity index (χ0n) is 17.7. The number of ether oxygens (including phenoxy) is 3. The Balaban J connectivity index is 1.51. The number of carbonyl (C=O) groups is 2. The molecule has 0 saturated carbocycles. The maximum atomic E-state index is 12.1. The first kappa shape index (κ1) is 22.4. The lowest BCUT2D eigenvalue weighted by atomic mass is 10.2. The molecule has 8 nitrogen and oxygen atoms in total. The van der Waals surface area contributed by atoms with E-state index in [0.717, 1.165) is 11.1 Å². The Morgan fingerprint density at radius 3 is 2.28 bits per heavy atom. The summed E-state index contributed by atoms with van der Waals surface area (Å²) >= 11 is 0. The molecular weight excluding hydrogens is 410 g/mol. The van der Waals surface area contributed by atoms with Gasteiger partial charge in [0.15, 0.2) is 0 Å². The highest BCUT2D eigenvalue weighted by Gasteiger charge is 2.16. The number of methoxy groups -OCH3 is 2. The maximum absolute atomic E-state index is 12.1. The molecule has 2 amide bonds. The van der Waals surface area contributed by atoms with Gasteiger partial charge in [0, 0.05) is 6.07 Å². The predicted octanol–water partition coefficient (Wildman–Crippen LogP) is 3.37. The molecule has 0 unspecified atom stereocenters. The third-order valence-electron chi connectivity index (χ3n) is 4.37. The van der Waals surface area contributed by atoms with Crippen LogP contribution in [-0.2, 0) is 16.2 Å². The molecule has 3 rings (SSSR count). The Morgan fingerprint density at radius 1 is 0.875 bits per heavy atom. The van der Waals surface area contributed by atoms with Crippen LogP contribution in [0.25, 0.3) is 0 Å². The molecule has 164 valence electrons. The van der Waals surface area contributed by atoms with Gasteiger partial charge in [-0.05, 0) is 47.5 Å². The highest BCUT2D eigenvalue weighted by Crippen LogP contribution is 2.28. The van der Waals surface area contributed by atoms with Crippen LogP contribution in [0.5, 0.6) is 17.2 Å². The molecule has 3 aromatic rings. The average Bonchev–Trinajstić information content (AvgIpc) is 2.84. The molecule has 32 heavy (non-hydrogen) atoms. The molecule has 3 aromatic carbocycles. The third-order valence-corrected chi connectivity index (χ3v) is 4.37. The van der Waals surface area contributed by atoms with E-state index >= 15 is 0 Å². The van der Waals surface area contributed by atoms with E-state index in [4.69, 9.17) is 14.2 Å². The summed E-state index contributed by atoms with van der Waals surface area (Å²) in [6.45, 7) is 0.470. The standard InChI is InChI=1S/C24H23N3O5/c1-30-20-12-13-22(31-2)21(14-20)26-23(28)24(29)27-25-15-17-8-10-19(11-9-17)32-16-18-6-4-3-5-7-18/h3-15H,16H2,1-2H3,(H,26,28)(H,27,29)/b25-15+. The second kappa shape index (κ2) is 11.2. The summed E-state index contributed by atoms with van der Waals surface area (Å²) in [5.74, 6) is -0.199. The van der Waals surface area contributed by atoms with E-state index in [-0.39, 0.29) is 0 Å². The van der Waals surface area contributed by atoms with Crippen molar-refractivity contribution in [3.8, 4) is 17.2 Å². The van der Waals surface area contributed by atoms with Crippen molar-refractivity contribution in [2.75, 3.05) is 19.5 Å². The summed E-state index contributed by atoms with van der Waals surface area (Å²) in [6.07, 6.45) is 1.43. The van der Waals surface area contributed by atoms with Gasteiger partial charge in [-0.3, -0.25) is 9.59 Å². The molecule has 0 fully saturated rings. The van der Waals surface area contributed by atoms with Crippen LogP contribution >= 0.6 is 0 Å². The molecule has 0 atom stereocenters. The zero-order chi connectivity index (χ0) is 22.8. The van der Waals surface area contributed by atoms with Gasteiger partial charge in [-0.2, -0.15) is 5.10 Å².